The molecule has 0 saturated carbocycles. The van der Waals surface area contributed by atoms with Gasteiger partial charge in [-0.25, -0.2) is 0 Å². The Bertz CT molecular complexity index is 314. The number of ether oxygens (including phenoxy) is 1. The predicted molar refractivity (Wildman–Crippen MR) is 65.7 cm³/mol. The highest BCUT2D eigenvalue weighted by atomic mass is 16.5. The molecule has 3 nitrogen and oxygen atoms in total. The summed E-state index contributed by atoms with van der Waals surface area (Å²) in [5.74, 6) is 0.827. The lowest BCUT2D eigenvalue weighted by molar-refractivity contribution is 0.130. The second-order valence-electron chi connectivity index (χ2n) is 4.86. The van der Waals surface area contributed by atoms with Crippen molar-refractivity contribution in [1.29, 1.82) is 0 Å². The van der Waals surface area contributed by atoms with Crippen molar-refractivity contribution in [3.8, 4) is 5.75 Å². The van der Waals surface area contributed by atoms with Gasteiger partial charge in [-0.2, -0.15) is 0 Å². The van der Waals surface area contributed by atoms with E-state index in [9.17, 15) is 5.11 Å². The van der Waals surface area contributed by atoms with E-state index in [2.05, 4.69) is 5.32 Å². The van der Waals surface area contributed by atoms with Gasteiger partial charge in [0.1, 0.15) is 11.4 Å². The lowest BCUT2D eigenvalue weighted by Gasteiger charge is -2.21. The van der Waals surface area contributed by atoms with Gasteiger partial charge in [0, 0.05) is 6.54 Å². The van der Waals surface area contributed by atoms with Crippen molar-refractivity contribution in [2.45, 2.75) is 32.5 Å². The molecule has 1 aromatic rings. The zero-order valence-corrected chi connectivity index (χ0v) is 10.4. The highest BCUT2D eigenvalue weighted by molar-refractivity contribution is 5.29. The van der Waals surface area contributed by atoms with E-state index >= 15 is 0 Å². The smallest absolute Gasteiger partial charge is 0.120 e. The van der Waals surface area contributed by atoms with Crippen LogP contribution >= 0.6 is 0 Å². The Morgan fingerprint density at radius 2 is 1.81 bits per heavy atom. The van der Waals surface area contributed by atoms with Crippen molar-refractivity contribution < 1.29 is 9.84 Å². The van der Waals surface area contributed by atoms with Crippen molar-refractivity contribution in [2.24, 2.45) is 0 Å². The first-order chi connectivity index (χ1) is 7.42. The van der Waals surface area contributed by atoms with Gasteiger partial charge >= 0.3 is 0 Å². The molecule has 1 atom stereocenters. The first-order valence-corrected chi connectivity index (χ1v) is 5.54. The average Bonchev–Trinajstić information content (AvgIpc) is 2.16. The van der Waals surface area contributed by atoms with Gasteiger partial charge in [0.2, 0.25) is 0 Å². The number of rotatable bonds is 4. The molecule has 3 heteroatoms. The van der Waals surface area contributed by atoms with E-state index in [-0.39, 0.29) is 5.60 Å². The van der Waals surface area contributed by atoms with E-state index in [1.165, 1.54) is 0 Å². The van der Waals surface area contributed by atoms with Crippen molar-refractivity contribution in [3.63, 3.8) is 0 Å². The third-order valence-electron chi connectivity index (χ3n) is 2.09. The molecule has 0 aliphatic carbocycles. The minimum Gasteiger partial charge on any atom is -0.488 e. The van der Waals surface area contributed by atoms with Gasteiger partial charge in [0.15, 0.2) is 0 Å². The monoisotopic (exact) mass is 223 g/mol. The van der Waals surface area contributed by atoms with E-state index in [4.69, 9.17) is 4.74 Å². The number of hydrogen-bond donors (Lipinski definition) is 2. The lowest BCUT2D eigenvalue weighted by atomic mass is 10.1. The molecule has 16 heavy (non-hydrogen) atoms. The molecule has 0 aliphatic heterocycles. The molecule has 0 saturated heterocycles. The first kappa shape index (κ1) is 13.0. The number of benzene rings is 1. The molecule has 2 N–H and O–H groups in total. The molecule has 0 amide bonds. The maximum absolute atomic E-state index is 9.74. The molecule has 0 radical (unpaired) electrons. The fourth-order valence-electron chi connectivity index (χ4n) is 1.42. The van der Waals surface area contributed by atoms with E-state index in [1.807, 2.05) is 52.1 Å². The highest BCUT2D eigenvalue weighted by Crippen LogP contribution is 2.21. The van der Waals surface area contributed by atoms with Gasteiger partial charge in [-0.15, -0.1) is 0 Å². The molecule has 1 aromatic carbocycles. The molecule has 0 spiro atoms. The Morgan fingerprint density at radius 1 is 1.25 bits per heavy atom. The van der Waals surface area contributed by atoms with Crippen molar-refractivity contribution in [3.05, 3.63) is 29.8 Å². The second kappa shape index (κ2) is 5.32. The maximum Gasteiger partial charge on any atom is 0.120 e. The summed E-state index contributed by atoms with van der Waals surface area (Å²) in [6, 6.07) is 7.56. The molecule has 1 rings (SSSR count). The third kappa shape index (κ3) is 4.21. The predicted octanol–water partition coefficient (Wildman–Crippen LogP) is 2.12. The molecule has 0 heterocycles. The number of aliphatic hydroxyl groups excluding tert-OH is 1. The van der Waals surface area contributed by atoms with Crippen LogP contribution < -0.4 is 10.1 Å². The Hall–Kier alpha value is -1.06. The molecule has 0 aromatic heterocycles. The maximum atomic E-state index is 9.74. The van der Waals surface area contributed by atoms with E-state index in [0.29, 0.717) is 6.54 Å². The molecule has 1 unspecified atom stereocenters. The summed E-state index contributed by atoms with van der Waals surface area (Å²) in [5, 5.41) is 12.7. The zero-order chi connectivity index (χ0) is 12.2. The minimum absolute atomic E-state index is 0.189. The molecular weight excluding hydrogens is 202 g/mol. The van der Waals surface area contributed by atoms with Crippen LogP contribution in [0.5, 0.6) is 5.75 Å². The standard InChI is InChI=1S/C13H21NO2/c1-13(2,3)16-11-7-5-10(6-8-11)12(15)9-14-4/h5-8,12,14-15H,9H2,1-4H3. The number of aliphatic hydroxyl groups is 1. The number of likely N-dealkylation sites (N-methyl/N-ethyl adjacent to an activating group) is 1. The summed E-state index contributed by atoms with van der Waals surface area (Å²) in [6.07, 6.45) is -0.464. The zero-order valence-electron chi connectivity index (χ0n) is 10.4. The molecule has 0 aliphatic rings. The summed E-state index contributed by atoms with van der Waals surface area (Å²) in [7, 11) is 1.82. The summed E-state index contributed by atoms with van der Waals surface area (Å²) < 4.78 is 5.70. The van der Waals surface area contributed by atoms with Crippen LogP contribution in [0.2, 0.25) is 0 Å². The van der Waals surface area contributed by atoms with Crippen molar-refractivity contribution in [1.82, 2.24) is 5.32 Å². The summed E-state index contributed by atoms with van der Waals surface area (Å²) >= 11 is 0. The van der Waals surface area contributed by atoms with Crippen LogP contribution in [0, 0.1) is 0 Å². The average molecular weight is 223 g/mol. The molecule has 90 valence electrons. The fourth-order valence-corrected chi connectivity index (χ4v) is 1.42. The first-order valence-electron chi connectivity index (χ1n) is 5.54. The van der Waals surface area contributed by atoms with Crippen LogP contribution in [-0.2, 0) is 0 Å². The molecule has 0 bridgehead atoms. The Kier molecular flexibility index (Phi) is 4.33. The summed E-state index contributed by atoms with van der Waals surface area (Å²) in [4.78, 5) is 0. The van der Waals surface area contributed by atoms with Crippen LogP contribution in [0.25, 0.3) is 0 Å². The van der Waals surface area contributed by atoms with E-state index < -0.39 is 6.10 Å². The van der Waals surface area contributed by atoms with Crippen LogP contribution in [0.15, 0.2) is 24.3 Å². The normalized spacial score (nSPS) is 13.6. The van der Waals surface area contributed by atoms with Gasteiger partial charge in [-0.05, 0) is 45.5 Å². The number of hydrogen-bond acceptors (Lipinski definition) is 3. The fraction of sp³-hybridized carbons (Fsp3) is 0.538. The quantitative estimate of drug-likeness (QED) is 0.821. The SMILES string of the molecule is CNCC(O)c1ccc(OC(C)(C)C)cc1. The lowest BCUT2D eigenvalue weighted by Crippen LogP contribution is -2.23. The van der Waals surface area contributed by atoms with Crippen LogP contribution in [0.4, 0.5) is 0 Å². The minimum atomic E-state index is -0.464. The topological polar surface area (TPSA) is 41.5 Å². The second-order valence-corrected chi connectivity index (χ2v) is 4.86. The van der Waals surface area contributed by atoms with Crippen LogP contribution in [0.1, 0.15) is 32.4 Å². The largest absolute Gasteiger partial charge is 0.488 e. The Morgan fingerprint density at radius 3 is 2.25 bits per heavy atom. The van der Waals surface area contributed by atoms with Crippen LogP contribution in [-0.4, -0.2) is 24.3 Å². The summed E-state index contributed by atoms with van der Waals surface area (Å²) in [5.41, 5.74) is 0.709. The van der Waals surface area contributed by atoms with Crippen LogP contribution in [0.3, 0.4) is 0 Å². The van der Waals surface area contributed by atoms with Crippen molar-refractivity contribution >= 4 is 0 Å². The van der Waals surface area contributed by atoms with Gasteiger partial charge < -0.3 is 15.2 Å². The van der Waals surface area contributed by atoms with E-state index in [1.54, 1.807) is 0 Å². The molecular formula is C13H21NO2. The third-order valence-corrected chi connectivity index (χ3v) is 2.09. The van der Waals surface area contributed by atoms with Crippen molar-refractivity contribution in [2.75, 3.05) is 13.6 Å². The van der Waals surface area contributed by atoms with Gasteiger partial charge in [0.05, 0.1) is 6.10 Å². The highest BCUT2D eigenvalue weighted by Gasteiger charge is 2.12. The number of nitrogens with one attached hydrogen (secondary N) is 1. The summed E-state index contributed by atoms with van der Waals surface area (Å²) in [6.45, 7) is 6.59. The van der Waals surface area contributed by atoms with E-state index in [0.717, 1.165) is 11.3 Å². The molecule has 0 fully saturated rings. The van der Waals surface area contributed by atoms with Gasteiger partial charge in [0.25, 0.3) is 0 Å². The van der Waals surface area contributed by atoms with Gasteiger partial charge in [-0.1, -0.05) is 12.1 Å². The Labute approximate surface area is 97.4 Å². The van der Waals surface area contributed by atoms with Gasteiger partial charge in [-0.3, -0.25) is 0 Å². The Balaban J connectivity index is 2.68.